The minimum atomic E-state index is 0.622. The molecule has 4 nitrogen and oxygen atoms in total. The van der Waals surface area contributed by atoms with Crippen LogP contribution in [0.1, 0.15) is 0 Å². The van der Waals surface area contributed by atoms with Gasteiger partial charge in [-0.3, -0.25) is 0 Å². The Hall–Kier alpha value is -1.97. The van der Waals surface area contributed by atoms with Crippen molar-refractivity contribution in [3.8, 4) is 0 Å². The van der Waals surface area contributed by atoms with Gasteiger partial charge in [0.05, 0.1) is 12.2 Å². The Labute approximate surface area is 93.5 Å². The number of rotatable bonds is 1. The average molecular weight is 215 g/mol. The van der Waals surface area contributed by atoms with Gasteiger partial charge in [0.2, 0.25) is 0 Å². The normalized spacial score (nSPS) is 14.9. The fourth-order valence-electron chi connectivity index (χ4n) is 1.94. The molecule has 82 valence electrons. The van der Waals surface area contributed by atoms with Crippen LogP contribution in [0.25, 0.3) is 10.9 Å². The molecule has 1 aliphatic rings. The number of nitrogens with zero attached hydrogens (tertiary/aromatic N) is 2. The molecule has 1 N–H and O–H groups in total. The lowest BCUT2D eigenvalue weighted by atomic mass is 10.2. The monoisotopic (exact) mass is 215 g/mol. The summed E-state index contributed by atoms with van der Waals surface area (Å²) in [5, 5.41) is 4.40. The van der Waals surface area contributed by atoms with Crippen LogP contribution in [-0.2, 0) is 11.8 Å². The van der Waals surface area contributed by atoms with Gasteiger partial charge in [0, 0.05) is 24.1 Å². The van der Waals surface area contributed by atoms with Crippen molar-refractivity contribution in [3.63, 3.8) is 0 Å². The van der Waals surface area contributed by atoms with E-state index in [0.29, 0.717) is 12.6 Å². The van der Waals surface area contributed by atoms with Gasteiger partial charge in [-0.25, -0.2) is 4.99 Å². The lowest BCUT2D eigenvalue weighted by molar-refractivity contribution is 0.346. The first-order chi connectivity index (χ1) is 7.84. The summed E-state index contributed by atoms with van der Waals surface area (Å²) in [6, 6.07) is 8.87. The topological polar surface area (TPSA) is 38.5 Å². The Bertz CT molecular complexity index is 556. The molecule has 16 heavy (non-hydrogen) atoms. The molecule has 0 saturated carbocycles. The second-order valence-electron chi connectivity index (χ2n) is 3.83. The molecule has 0 unspecified atom stereocenters. The van der Waals surface area contributed by atoms with Crippen LogP contribution in [0.4, 0.5) is 5.69 Å². The van der Waals surface area contributed by atoms with Crippen LogP contribution in [0.15, 0.2) is 35.5 Å². The van der Waals surface area contributed by atoms with Crippen LogP contribution in [-0.4, -0.2) is 23.7 Å². The Kier molecular flexibility index (Phi) is 2.06. The van der Waals surface area contributed by atoms with Crippen molar-refractivity contribution in [1.82, 2.24) is 4.57 Å². The van der Waals surface area contributed by atoms with E-state index in [1.807, 2.05) is 25.4 Å². The molecule has 0 radical (unpaired) electrons. The summed E-state index contributed by atoms with van der Waals surface area (Å²) in [4.78, 5) is 4.22. The summed E-state index contributed by atoms with van der Waals surface area (Å²) in [7, 11) is 2.04. The molecular formula is C12H13N3O. The summed E-state index contributed by atoms with van der Waals surface area (Å²) in [6.07, 6.45) is 2.05. The summed E-state index contributed by atoms with van der Waals surface area (Å²) in [6.45, 7) is 1.42. The number of anilines is 1. The standard InChI is InChI=1S/C12H13N3O/c1-15-7-5-9-10(3-2-4-11(9)15)14-12-13-6-8-16-12/h2-5,7H,6,8H2,1H3,(H,13,14). The van der Waals surface area contributed by atoms with E-state index in [1.165, 1.54) is 10.9 Å². The Balaban J connectivity index is 2.02. The van der Waals surface area contributed by atoms with E-state index in [4.69, 9.17) is 4.74 Å². The number of ether oxygens (including phenoxy) is 1. The lowest BCUT2D eigenvalue weighted by Crippen LogP contribution is -2.11. The zero-order valence-electron chi connectivity index (χ0n) is 9.10. The van der Waals surface area contributed by atoms with Gasteiger partial charge in [-0.05, 0) is 18.2 Å². The predicted octanol–water partition coefficient (Wildman–Crippen LogP) is 1.98. The quantitative estimate of drug-likeness (QED) is 0.790. The largest absolute Gasteiger partial charge is 0.463 e. The maximum Gasteiger partial charge on any atom is 0.289 e. The summed E-state index contributed by atoms with van der Waals surface area (Å²) >= 11 is 0. The molecule has 0 amide bonds. The van der Waals surface area contributed by atoms with Gasteiger partial charge < -0.3 is 14.6 Å². The first-order valence-corrected chi connectivity index (χ1v) is 5.33. The summed E-state index contributed by atoms with van der Waals surface area (Å²) < 4.78 is 7.44. The van der Waals surface area contributed by atoms with E-state index >= 15 is 0 Å². The third-order valence-electron chi connectivity index (χ3n) is 2.75. The molecule has 1 aromatic heterocycles. The van der Waals surface area contributed by atoms with Gasteiger partial charge >= 0.3 is 0 Å². The molecule has 2 aromatic rings. The summed E-state index contributed by atoms with van der Waals surface area (Å²) in [5.74, 6) is 0. The van der Waals surface area contributed by atoms with Crippen molar-refractivity contribution in [3.05, 3.63) is 30.5 Å². The molecule has 4 heteroatoms. The van der Waals surface area contributed by atoms with Gasteiger partial charge in [0.25, 0.3) is 6.02 Å². The number of benzene rings is 1. The highest BCUT2D eigenvalue weighted by Gasteiger charge is 2.09. The van der Waals surface area contributed by atoms with Crippen molar-refractivity contribution in [2.45, 2.75) is 0 Å². The van der Waals surface area contributed by atoms with Crippen molar-refractivity contribution in [2.75, 3.05) is 18.5 Å². The molecule has 0 spiro atoms. The average Bonchev–Trinajstić information content (AvgIpc) is 2.90. The van der Waals surface area contributed by atoms with Gasteiger partial charge in [-0.2, -0.15) is 0 Å². The molecule has 0 bridgehead atoms. The zero-order valence-corrected chi connectivity index (χ0v) is 9.10. The van der Waals surface area contributed by atoms with Crippen LogP contribution in [0.5, 0.6) is 0 Å². The minimum Gasteiger partial charge on any atom is -0.463 e. The van der Waals surface area contributed by atoms with E-state index in [1.54, 1.807) is 0 Å². The fourth-order valence-corrected chi connectivity index (χ4v) is 1.94. The van der Waals surface area contributed by atoms with Gasteiger partial charge in [0.15, 0.2) is 0 Å². The van der Waals surface area contributed by atoms with E-state index in [-0.39, 0.29) is 0 Å². The lowest BCUT2D eigenvalue weighted by Gasteiger charge is -2.07. The van der Waals surface area contributed by atoms with Gasteiger partial charge in [-0.15, -0.1) is 0 Å². The maximum atomic E-state index is 5.34. The maximum absolute atomic E-state index is 5.34. The Morgan fingerprint density at radius 3 is 3.12 bits per heavy atom. The number of amidine groups is 1. The third kappa shape index (κ3) is 1.43. The number of aromatic nitrogens is 1. The van der Waals surface area contributed by atoms with E-state index in [9.17, 15) is 0 Å². The highest BCUT2D eigenvalue weighted by molar-refractivity contribution is 6.01. The van der Waals surface area contributed by atoms with Gasteiger partial charge in [0.1, 0.15) is 6.61 Å². The van der Waals surface area contributed by atoms with Crippen molar-refractivity contribution in [2.24, 2.45) is 12.0 Å². The van der Waals surface area contributed by atoms with Crippen LogP contribution >= 0.6 is 0 Å². The number of hydrogen-bond acceptors (Lipinski definition) is 3. The summed E-state index contributed by atoms with van der Waals surface area (Å²) in [5.41, 5.74) is 2.24. The molecule has 3 rings (SSSR count). The van der Waals surface area contributed by atoms with Crippen molar-refractivity contribution >= 4 is 22.6 Å². The molecule has 0 aliphatic carbocycles. The predicted molar refractivity (Wildman–Crippen MR) is 64.8 cm³/mol. The second-order valence-corrected chi connectivity index (χ2v) is 3.83. The third-order valence-corrected chi connectivity index (χ3v) is 2.75. The van der Waals surface area contributed by atoms with Crippen LogP contribution in [0.2, 0.25) is 0 Å². The molecule has 0 fully saturated rings. The van der Waals surface area contributed by atoms with E-state index < -0.39 is 0 Å². The van der Waals surface area contributed by atoms with Crippen molar-refractivity contribution in [1.29, 1.82) is 0 Å². The van der Waals surface area contributed by atoms with E-state index in [0.717, 1.165) is 12.2 Å². The Morgan fingerprint density at radius 2 is 2.31 bits per heavy atom. The first kappa shape index (κ1) is 9.27. The smallest absolute Gasteiger partial charge is 0.289 e. The first-order valence-electron chi connectivity index (χ1n) is 5.33. The Morgan fingerprint density at radius 1 is 1.38 bits per heavy atom. The molecule has 0 atom stereocenters. The van der Waals surface area contributed by atoms with Crippen LogP contribution < -0.4 is 5.32 Å². The number of hydrogen-bond donors (Lipinski definition) is 1. The van der Waals surface area contributed by atoms with Crippen LogP contribution in [0.3, 0.4) is 0 Å². The van der Waals surface area contributed by atoms with E-state index in [2.05, 4.69) is 27.0 Å². The van der Waals surface area contributed by atoms with Gasteiger partial charge in [-0.1, -0.05) is 6.07 Å². The molecule has 2 heterocycles. The fraction of sp³-hybridized carbons (Fsp3) is 0.250. The molecule has 1 aliphatic heterocycles. The minimum absolute atomic E-state index is 0.622. The highest BCUT2D eigenvalue weighted by atomic mass is 16.5. The number of aryl methyl sites for hydroxylation is 1. The number of nitrogens with one attached hydrogen (secondary N) is 1. The molecule has 0 saturated heterocycles. The zero-order chi connectivity index (χ0) is 11.0. The molecular weight excluding hydrogens is 202 g/mol. The molecule has 1 aromatic carbocycles. The number of aliphatic imine (C=N–C) groups is 1. The van der Waals surface area contributed by atoms with Crippen molar-refractivity contribution < 1.29 is 4.74 Å². The van der Waals surface area contributed by atoms with Crippen LogP contribution in [0, 0.1) is 0 Å². The number of fused-ring (bicyclic) bond motifs is 1. The second kappa shape index (κ2) is 3.56. The highest BCUT2D eigenvalue weighted by Crippen LogP contribution is 2.24. The SMILES string of the molecule is Cn1ccc2c(NC3=NCCO3)cccc21.